The van der Waals surface area contributed by atoms with Crippen LogP contribution in [0.3, 0.4) is 0 Å². The Morgan fingerprint density at radius 1 is 1.31 bits per heavy atom. The summed E-state index contributed by atoms with van der Waals surface area (Å²) < 4.78 is 45.1. The molecule has 0 amide bonds. The van der Waals surface area contributed by atoms with Gasteiger partial charge in [0.05, 0.1) is 5.69 Å². The average molecular weight is 392 g/mol. The van der Waals surface area contributed by atoms with Crippen LogP contribution in [0.15, 0.2) is 18.7 Å². The maximum Gasteiger partial charge on any atom is 0.421 e. The van der Waals surface area contributed by atoms with E-state index in [-0.39, 0.29) is 18.2 Å². The van der Waals surface area contributed by atoms with Crippen LogP contribution in [-0.2, 0) is 17.3 Å². The van der Waals surface area contributed by atoms with Gasteiger partial charge in [0.15, 0.2) is 0 Å². The van der Waals surface area contributed by atoms with Crippen LogP contribution in [0, 0.1) is 0 Å². The van der Waals surface area contributed by atoms with Crippen molar-refractivity contribution in [2.45, 2.75) is 39.0 Å². The molecule has 0 aliphatic carbocycles. The number of aromatic nitrogens is 4. The summed E-state index contributed by atoms with van der Waals surface area (Å²) in [5.41, 5.74) is -1.16. The average Bonchev–Trinajstić information content (AvgIpc) is 2.93. The highest BCUT2D eigenvalue weighted by Crippen LogP contribution is 2.33. The van der Waals surface area contributed by atoms with Crippen LogP contribution < -0.4 is 5.32 Å². The van der Waals surface area contributed by atoms with E-state index in [4.69, 9.17) is 16.3 Å². The fraction of sp³-hybridized carbons (Fsp3) is 0.467. The van der Waals surface area contributed by atoms with E-state index in [9.17, 15) is 18.0 Å². The Balaban J connectivity index is 1.99. The molecule has 142 valence electrons. The predicted molar refractivity (Wildman–Crippen MR) is 88.1 cm³/mol. The second kappa shape index (κ2) is 7.48. The third-order valence-electron chi connectivity index (χ3n) is 2.98. The lowest BCUT2D eigenvalue weighted by Crippen LogP contribution is -2.26. The Labute approximate surface area is 152 Å². The second-order valence-electron chi connectivity index (χ2n) is 6.33. The van der Waals surface area contributed by atoms with E-state index in [0.717, 1.165) is 0 Å². The fourth-order valence-corrected chi connectivity index (χ4v) is 2.05. The monoisotopic (exact) mass is 391 g/mol. The Kier molecular flexibility index (Phi) is 5.74. The Bertz CT molecular complexity index is 786. The molecule has 0 saturated heterocycles. The van der Waals surface area contributed by atoms with Gasteiger partial charge in [-0.1, -0.05) is 0 Å². The van der Waals surface area contributed by atoms with Gasteiger partial charge in [0.2, 0.25) is 5.28 Å². The van der Waals surface area contributed by atoms with Crippen molar-refractivity contribution in [2.75, 3.05) is 11.9 Å². The van der Waals surface area contributed by atoms with Crippen molar-refractivity contribution in [3.63, 3.8) is 0 Å². The zero-order valence-corrected chi connectivity index (χ0v) is 15.0. The van der Waals surface area contributed by atoms with Crippen molar-refractivity contribution in [3.05, 3.63) is 35.3 Å². The summed E-state index contributed by atoms with van der Waals surface area (Å²) in [5, 5.41) is 2.27. The molecule has 0 bridgehead atoms. The Hall–Kier alpha value is -2.36. The molecule has 2 aromatic rings. The van der Waals surface area contributed by atoms with Crippen molar-refractivity contribution in [2.24, 2.45) is 0 Å². The number of hydrogen-bond donors (Lipinski definition) is 1. The van der Waals surface area contributed by atoms with Gasteiger partial charge in [0, 0.05) is 25.4 Å². The van der Waals surface area contributed by atoms with Crippen molar-refractivity contribution < 1.29 is 22.7 Å². The zero-order chi connectivity index (χ0) is 19.5. The van der Waals surface area contributed by atoms with E-state index >= 15 is 0 Å². The second-order valence-corrected chi connectivity index (χ2v) is 6.67. The van der Waals surface area contributed by atoms with E-state index < -0.39 is 29.3 Å². The minimum absolute atomic E-state index is 0.0990. The number of halogens is 4. The van der Waals surface area contributed by atoms with Crippen LogP contribution in [0.5, 0.6) is 0 Å². The normalized spacial score (nSPS) is 12.1. The Morgan fingerprint density at radius 3 is 2.62 bits per heavy atom. The minimum atomic E-state index is -4.61. The molecule has 11 heteroatoms. The van der Waals surface area contributed by atoms with Gasteiger partial charge >= 0.3 is 12.3 Å². The molecule has 0 aliphatic rings. The number of anilines is 1. The van der Waals surface area contributed by atoms with Crippen LogP contribution in [-0.4, -0.2) is 37.8 Å². The zero-order valence-electron chi connectivity index (χ0n) is 14.3. The van der Waals surface area contributed by atoms with Crippen molar-refractivity contribution >= 4 is 23.5 Å². The van der Waals surface area contributed by atoms with E-state index in [1.54, 1.807) is 20.8 Å². The number of nitrogens with one attached hydrogen (secondary N) is 1. The first-order chi connectivity index (χ1) is 12.0. The van der Waals surface area contributed by atoms with Gasteiger partial charge in [-0.2, -0.15) is 13.2 Å². The van der Waals surface area contributed by atoms with E-state index in [2.05, 4.69) is 20.3 Å². The summed E-state index contributed by atoms with van der Waals surface area (Å²) in [5.74, 6) is -0.413. The molecule has 0 unspecified atom stereocenters. The molecule has 0 aromatic carbocycles. The van der Waals surface area contributed by atoms with E-state index in [1.165, 1.54) is 17.1 Å². The van der Waals surface area contributed by atoms with Crippen LogP contribution >= 0.6 is 11.6 Å². The summed E-state index contributed by atoms with van der Waals surface area (Å²) in [6, 6.07) is 0. The number of carbonyl (C=O) groups excluding carboxylic acids is 1. The predicted octanol–water partition coefficient (Wildman–Crippen LogP) is 3.78. The lowest BCUT2D eigenvalue weighted by atomic mass is 10.2. The highest BCUT2D eigenvalue weighted by atomic mass is 35.5. The van der Waals surface area contributed by atoms with Crippen molar-refractivity contribution in [1.29, 1.82) is 0 Å². The molecular formula is C15H17ClF3N5O2. The molecule has 0 fully saturated rings. The summed E-state index contributed by atoms with van der Waals surface area (Å²) in [7, 11) is 0. The first-order valence-corrected chi connectivity index (χ1v) is 7.93. The lowest BCUT2D eigenvalue weighted by Gasteiger charge is -2.19. The summed E-state index contributed by atoms with van der Waals surface area (Å²) >= 11 is 5.56. The van der Waals surface area contributed by atoms with Crippen molar-refractivity contribution in [1.82, 2.24) is 19.5 Å². The van der Waals surface area contributed by atoms with Gasteiger partial charge in [-0.25, -0.2) is 24.3 Å². The van der Waals surface area contributed by atoms with Crippen molar-refractivity contribution in [3.8, 4) is 0 Å². The number of nitrogens with zero attached hydrogens (tertiary/aromatic N) is 4. The number of imidazole rings is 1. The van der Waals surface area contributed by atoms with Crippen LogP contribution in [0.4, 0.5) is 23.8 Å². The number of carbonyl (C=O) groups is 1. The van der Waals surface area contributed by atoms with E-state index in [1.807, 2.05) is 0 Å². The Morgan fingerprint density at radius 2 is 2.00 bits per heavy atom. The molecule has 2 heterocycles. The number of alkyl halides is 3. The first kappa shape index (κ1) is 20.0. The molecule has 26 heavy (non-hydrogen) atoms. The first-order valence-electron chi connectivity index (χ1n) is 7.55. The summed E-state index contributed by atoms with van der Waals surface area (Å²) in [6.45, 7) is 5.30. The molecule has 0 saturated carbocycles. The number of ether oxygens (including phenoxy) is 1. The quantitative estimate of drug-likeness (QED) is 0.799. The van der Waals surface area contributed by atoms with E-state index in [0.29, 0.717) is 11.9 Å². The van der Waals surface area contributed by atoms with Crippen LogP contribution in [0.25, 0.3) is 0 Å². The number of hydrogen-bond acceptors (Lipinski definition) is 6. The summed E-state index contributed by atoms with van der Waals surface area (Å²) in [4.78, 5) is 22.8. The van der Waals surface area contributed by atoms with Gasteiger partial charge in [-0.3, -0.25) is 0 Å². The standard InChI is InChI=1S/C15H17ClF3N5O2/c1-14(2,3)26-13(25)24-7-9(22-8-24)4-5-20-11-10(15(17,18)19)6-21-12(16)23-11/h6-8H,4-5H2,1-3H3,(H,20,21,23). The molecule has 0 spiro atoms. The third-order valence-corrected chi connectivity index (χ3v) is 3.16. The van der Waals surface area contributed by atoms with Crippen LogP contribution in [0.1, 0.15) is 32.0 Å². The van der Waals surface area contributed by atoms with Gasteiger partial charge in [-0.05, 0) is 32.4 Å². The van der Waals surface area contributed by atoms with Gasteiger partial charge < -0.3 is 10.1 Å². The summed E-state index contributed by atoms with van der Waals surface area (Å²) in [6.07, 6.45) is -1.58. The van der Waals surface area contributed by atoms with Gasteiger partial charge in [-0.15, -0.1) is 0 Å². The molecule has 2 rings (SSSR count). The van der Waals surface area contributed by atoms with Crippen LogP contribution in [0.2, 0.25) is 5.28 Å². The minimum Gasteiger partial charge on any atom is -0.443 e. The van der Waals surface area contributed by atoms with Gasteiger partial charge in [0.1, 0.15) is 23.3 Å². The van der Waals surface area contributed by atoms with Gasteiger partial charge in [0.25, 0.3) is 0 Å². The molecule has 0 aliphatic heterocycles. The lowest BCUT2D eigenvalue weighted by molar-refractivity contribution is -0.137. The molecule has 1 N–H and O–H groups in total. The third kappa shape index (κ3) is 5.58. The fourth-order valence-electron chi connectivity index (χ4n) is 1.92. The topological polar surface area (TPSA) is 81.9 Å². The maximum absolute atomic E-state index is 12.9. The largest absolute Gasteiger partial charge is 0.443 e. The highest BCUT2D eigenvalue weighted by Gasteiger charge is 2.35. The molecule has 7 nitrogen and oxygen atoms in total. The molecule has 0 radical (unpaired) electrons. The number of rotatable bonds is 4. The molecule has 2 aromatic heterocycles. The molecular weight excluding hydrogens is 375 g/mol. The maximum atomic E-state index is 12.9. The SMILES string of the molecule is CC(C)(C)OC(=O)n1cnc(CCNc2nc(Cl)ncc2C(F)(F)F)c1. The highest BCUT2D eigenvalue weighted by molar-refractivity contribution is 6.28. The molecule has 0 atom stereocenters. The smallest absolute Gasteiger partial charge is 0.421 e.